The van der Waals surface area contributed by atoms with E-state index in [0.29, 0.717) is 55.4 Å². The van der Waals surface area contributed by atoms with E-state index in [4.69, 9.17) is 4.74 Å². The van der Waals surface area contributed by atoms with Crippen LogP contribution in [-0.2, 0) is 4.74 Å². The summed E-state index contributed by atoms with van der Waals surface area (Å²) in [7, 11) is 0. The summed E-state index contributed by atoms with van der Waals surface area (Å²) in [5, 5.41) is 6.55. The fourth-order valence-corrected chi connectivity index (χ4v) is 4.31. The number of hydrogen-bond acceptors (Lipinski definition) is 9. The summed E-state index contributed by atoms with van der Waals surface area (Å²) in [5.74, 6) is 1.51. The number of Topliss-reactive ketones (excluding diaryl/α,β-unsaturated/α-hetero) is 1. The van der Waals surface area contributed by atoms with E-state index in [2.05, 4.69) is 30.5 Å². The van der Waals surface area contributed by atoms with Crippen molar-refractivity contribution in [3.05, 3.63) is 30.1 Å². The molecule has 1 amide bonds. The van der Waals surface area contributed by atoms with Crippen LogP contribution in [-0.4, -0.2) is 69.6 Å². The molecule has 188 valence electrons. The van der Waals surface area contributed by atoms with Crippen LogP contribution >= 0.6 is 0 Å². The van der Waals surface area contributed by atoms with Gasteiger partial charge in [0.2, 0.25) is 5.95 Å². The van der Waals surface area contributed by atoms with Gasteiger partial charge in [0.25, 0.3) is 0 Å². The number of nitrogens with one attached hydrogen (secondary N) is 2. The highest BCUT2D eigenvalue weighted by Gasteiger charge is 2.26. The summed E-state index contributed by atoms with van der Waals surface area (Å²) in [4.78, 5) is 41.6. The minimum atomic E-state index is -0.496. The van der Waals surface area contributed by atoms with Gasteiger partial charge in [-0.2, -0.15) is 4.98 Å². The number of amides is 1. The molecule has 10 heteroatoms. The number of carbonyl (C=O) groups excluding carboxylic acids is 2. The second-order valence-corrected chi connectivity index (χ2v) is 10.1. The van der Waals surface area contributed by atoms with Gasteiger partial charge in [-0.3, -0.25) is 4.79 Å². The highest BCUT2D eigenvalue weighted by Crippen LogP contribution is 2.25. The van der Waals surface area contributed by atoms with Crippen molar-refractivity contribution >= 4 is 35.1 Å². The Hall–Kier alpha value is -3.43. The Labute approximate surface area is 206 Å². The van der Waals surface area contributed by atoms with Crippen LogP contribution in [0, 0.1) is 0 Å². The number of hydrogen-bond donors (Lipinski definition) is 2. The van der Waals surface area contributed by atoms with Crippen LogP contribution in [0.2, 0.25) is 0 Å². The lowest BCUT2D eigenvalue weighted by Gasteiger charge is -2.36. The maximum atomic E-state index is 12.3. The van der Waals surface area contributed by atoms with Crippen molar-refractivity contribution in [2.24, 2.45) is 0 Å². The zero-order valence-corrected chi connectivity index (χ0v) is 21.0. The zero-order chi connectivity index (χ0) is 25.0. The first-order chi connectivity index (χ1) is 16.7. The lowest BCUT2D eigenvalue weighted by molar-refractivity contribution is 0.0240. The van der Waals surface area contributed by atoms with Crippen LogP contribution in [0.15, 0.2) is 24.5 Å². The number of nitrogens with zero attached hydrogens (tertiary/aromatic N) is 5. The second kappa shape index (κ2) is 10.5. The number of ether oxygens (including phenoxy) is 1. The first kappa shape index (κ1) is 24.7. The van der Waals surface area contributed by atoms with E-state index in [1.807, 2.05) is 32.9 Å². The molecule has 10 nitrogen and oxygen atoms in total. The Morgan fingerprint density at radius 1 is 1.03 bits per heavy atom. The highest BCUT2D eigenvalue weighted by atomic mass is 16.6. The van der Waals surface area contributed by atoms with Crippen LogP contribution < -0.4 is 15.5 Å². The summed E-state index contributed by atoms with van der Waals surface area (Å²) in [6.07, 6.45) is 7.64. The normalized spacial score (nSPS) is 16.8. The van der Waals surface area contributed by atoms with Crippen molar-refractivity contribution in [3.63, 3.8) is 0 Å². The van der Waals surface area contributed by atoms with Crippen molar-refractivity contribution in [2.75, 3.05) is 41.7 Å². The second-order valence-electron chi connectivity index (χ2n) is 10.1. The first-order valence-corrected chi connectivity index (χ1v) is 12.3. The van der Waals surface area contributed by atoms with Gasteiger partial charge < -0.3 is 25.2 Å². The van der Waals surface area contributed by atoms with E-state index < -0.39 is 5.60 Å². The van der Waals surface area contributed by atoms with E-state index in [1.165, 1.54) is 19.8 Å². The molecule has 1 saturated heterocycles. The Morgan fingerprint density at radius 2 is 1.74 bits per heavy atom. The van der Waals surface area contributed by atoms with E-state index in [0.717, 1.165) is 18.5 Å². The van der Waals surface area contributed by atoms with E-state index >= 15 is 0 Å². The van der Waals surface area contributed by atoms with E-state index in [-0.39, 0.29) is 11.9 Å². The molecule has 2 aromatic heterocycles. The van der Waals surface area contributed by atoms with Crippen LogP contribution in [0.5, 0.6) is 0 Å². The molecule has 0 bridgehead atoms. The number of piperazine rings is 1. The molecule has 0 spiro atoms. The third-order valence-corrected chi connectivity index (χ3v) is 6.15. The van der Waals surface area contributed by atoms with Gasteiger partial charge in [0, 0.05) is 38.4 Å². The molecule has 35 heavy (non-hydrogen) atoms. The first-order valence-electron chi connectivity index (χ1n) is 12.3. The molecule has 1 saturated carbocycles. The number of aromatic nitrogens is 3. The Balaban J connectivity index is 1.36. The fourth-order valence-electron chi connectivity index (χ4n) is 4.31. The molecular formula is C25H35N7O3. The molecular weight excluding hydrogens is 446 g/mol. The lowest BCUT2D eigenvalue weighted by Crippen LogP contribution is -2.50. The van der Waals surface area contributed by atoms with Crippen molar-refractivity contribution in [1.82, 2.24) is 19.9 Å². The van der Waals surface area contributed by atoms with Gasteiger partial charge in [0.15, 0.2) is 5.78 Å². The number of anilines is 4. The quantitative estimate of drug-likeness (QED) is 0.585. The largest absolute Gasteiger partial charge is 0.444 e. The smallest absolute Gasteiger partial charge is 0.410 e. The molecule has 4 rings (SSSR count). The summed E-state index contributed by atoms with van der Waals surface area (Å²) in [5.41, 5.74) is 0.983. The summed E-state index contributed by atoms with van der Waals surface area (Å²) >= 11 is 0. The molecule has 0 unspecified atom stereocenters. The Morgan fingerprint density at radius 3 is 2.34 bits per heavy atom. The minimum absolute atomic E-state index is 0.0636. The molecule has 1 aliphatic heterocycles. The Bertz CT molecular complexity index is 1040. The lowest BCUT2D eigenvalue weighted by atomic mass is 10.2. The standard InChI is InChI=1S/C25H35N7O3/c1-17(33)20-16-27-23(30-22(20)28-18-7-5-6-8-18)29-21-10-9-19(15-26-21)31-11-13-32(14-12-31)24(34)35-25(2,3)4/h9-10,15-16,18H,5-8,11-14H2,1-4H3,(H2,26,27,28,29,30). The Kier molecular flexibility index (Phi) is 7.37. The molecule has 0 radical (unpaired) electrons. The molecule has 1 aliphatic carbocycles. The number of carbonyl (C=O) groups is 2. The summed E-state index contributed by atoms with van der Waals surface area (Å²) in [6.45, 7) is 9.76. The summed E-state index contributed by atoms with van der Waals surface area (Å²) in [6, 6.07) is 4.20. The predicted octanol–water partition coefficient (Wildman–Crippen LogP) is 4.23. The third kappa shape index (κ3) is 6.58. The third-order valence-electron chi connectivity index (χ3n) is 6.15. The highest BCUT2D eigenvalue weighted by molar-refractivity contribution is 5.98. The topological polar surface area (TPSA) is 113 Å². The van der Waals surface area contributed by atoms with Crippen molar-refractivity contribution < 1.29 is 14.3 Å². The van der Waals surface area contributed by atoms with E-state index in [1.54, 1.807) is 17.3 Å². The van der Waals surface area contributed by atoms with Crippen molar-refractivity contribution in [2.45, 2.75) is 65.0 Å². The van der Waals surface area contributed by atoms with Crippen LogP contribution in [0.4, 0.5) is 28.1 Å². The van der Waals surface area contributed by atoms with Crippen LogP contribution in [0.1, 0.15) is 63.7 Å². The van der Waals surface area contributed by atoms with Gasteiger partial charge in [-0.1, -0.05) is 12.8 Å². The molecule has 0 aromatic carbocycles. The molecule has 3 heterocycles. The molecule has 2 fully saturated rings. The van der Waals surface area contributed by atoms with E-state index in [9.17, 15) is 9.59 Å². The minimum Gasteiger partial charge on any atom is -0.444 e. The molecule has 2 N–H and O–H groups in total. The average molecular weight is 482 g/mol. The maximum absolute atomic E-state index is 12.3. The average Bonchev–Trinajstić information content (AvgIpc) is 3.32. The number of pyridine rings is 1. The van der Waals surface area contributed by atoms with Crippen molar-refractivity contribution in [3.8, 4) is 0 Å². The molecule has 0 atom stereocenters. The number of ketones is 1. The monoisotopic (exact) mass is 481 g/mol. The molecule has 2 aromatic rings. The van der Waals surface area contributed by atoms with Gasteiger partial charge >= 0.3 is 6.09 Å². The van der Waals surface area contributed by atoms with Gasteiger partial charge in [0.05, 0.1) is 17.4 Å². The van der Waals surface area contributed by atoms with Gasteiger partial charge in [0.1, 0.15) is 17.2 Å². The van der Waals surface area contributed by atoms with Gasteiger partial charge in [-0.25, -0.2) is 14.8 Å². The number of rotatable bonds is 6. The van der Waals surface area contributed by atoms with Gasteiger partial charge in [-0.15, -0.1) is 0 Å². The van der Waals surface area contributed by atoms with Crippen LogP contribution in [0.25, 0.3) is 0 Å². The maximum Gasteiger partial charge on any atom is 0.410 e. The molecule has 2 aliphatic rings. The van der Waals surface area contributed by atoms with Crippen LogP contribution in [0.3, 0.4) is 0 Å². The van der Waals surface area contributed by atoms with Crippen molar-refractivity contribution in [1.29, 1.82) is 0 Å². The summed E-state index contributed by atoms with van der Waals surface area (Å²) < 4.78 is 5.47. The van der Waals surface area contributed by atoms with Gasteiger partial charge in [-0.05, 0) is 52.7 Å². The predicted molar refractivity (Wildman–Crippen MR) is 135 cm³/mol. The fraction of sp³-hybridized carbons (Fsp3) is 0.560. The SMILES string of the molecule is CC(=O)c1cnc(Nc2ccc(N3CCN(C(=O)OC(C)(C)C)CC3)cn2)nc1NC1CCCC1. The zero-order valence-electron chi connectivity index (χ0n) is 21.0.